The molecule has 1 aromatic heterocycles. The quantitative estimate of drug-likeness (QED) is 0.909. The maximum Gasteiger partial charge on any atom is 0.256 e. The predicted molar refractivity (Wildman–Crippen MR) is 72.3 cm³/mol. The van der Waals surface area contributed by atoms with Crippen LogP contribution in [-0.2, 0) is 0 Å². The summed E-state index contributed by atoms with van der Waals surface area (Å²) >= 11 is 13.1. The number of nitrogens with zero attached hydrogens (tertiary/aromatic N) is 1. The minimum Gasteiger partial charge on any atom is -0.337 e. The molecule has 0 aliphatic carbocycles. The van der Waals surface area contributed by atoms with Crippen LogP contribution in [0.5, 0.6) is 0 Å². The van der Waals surface area contributed by atoms with Gasteiger partial charge in [0, 0.05) is 19.1 Å². The first-order valence-electron chi connectivity index (χ1n) is 5.53. The molecule has 1 aromatic rings. The molecule has 0 spiro atoms. The van der Waals surface area contributed by atoms with Crippen molar-refractivity contribution >= 4 is 40.4 Å². The predicted octanol–water partition coefficient (Wildman–Crippen LogP) is 2.88. The fourth-order valence-electron chi connectivity index (χ4n) is 2.05. The van der Waals surface area contributed by atoms with Crippen LogP contribution in [0.3, 0.4) is 0 Å². The van der Waals surface area contributed by atoms with Gasteiger partial charge in [-0.1, -0.05) is 23.2 Å². The summed E-state index contributed by atoms with van der Waals surface area (Å²) in [6.07, 6.45) is 2.13. The van der Waals surface area contributed by atoms with Crippen LogP contribution in [0.25, 0.3) is 0 Å². The van der Waals surface area contributed by atoms with Gasteiger partial charge < -0.3 is 10.2 Å². The average molecular weight is 293 g/mol. The highest BCUT2D eigenvalue weighted by Crippen LogP contribution is 2.32. The van der Waals surface area contributed by atoms with Gasteiger partial charge in [-0.3, -0.25) is 4.79 Å². The maximum absolute atomic E-state index is 12.3. The number of amides is 1. The van der Waals surface area contributed by atoms with Gasteiger partial charge in [0.25, 0.3) is 5.91 Å². The first kappa shape index (κ1) is 13.1. The number of carbonyl (C=O) groups excluding carboxylic acids is 1. The third-order valence-electron chi connectivity index (χ3n) is 3.00. The van der Waals surface area contributed by atoms with Crippen LogP contribution in [-0.4, -0.2) is 37.0 Å². The van der Waals surface area contributed by atoms with Crippen LogP contribution < -0.4 is 5.32 Å². The summed E-state index contributed by atoms with van der Waals surface area (Å²) in [5.41, 5.74) is 0.526. The highest BCUT2D eigenvalue weighted by Gasteiger charge is 2.25. The zero-order valence-corrected chi connectivity index (χ0v) is 11.8. The number of nitrogens with one attached hydrogen (secondary N) is 1. The number of thiophene rings is 1. The summed E-state index contributed by atoms with van der Waals surface area (Å²) in [7, 11) is 1.92. The second kappa shape index (κ2) is 5.57. The summed E-state index contributed by atoms with van der Waals surface area (Å²) in [5, 5.41) is 3.21. The minimum absolute atomic E-state index is 0.0156. The van der Waals surface area contributed by atoms with E-state index < -0.39 is 0 Å². The molecule has 17 heavy (non-hydrogen) atoms. The zero-order chi connectivity index (χ0) is 12.4. The molecule has 0 radical (unpaired) electrons. The Kier molecular flexibility index (Phi) is 4.31. The highest BCUT2D eigenvalue weighted by atomic mass is 35.5. The molecule has 1 aliphatic heterocycles. The molecular formula is C11H14Cl2N2OS. The fraction of sp³-hybridized carbons (Fsp3) is 0.545. The number of carbonyl (C=O) groups is 1. The molecule has 0 aromatic carbocycles. The lowest BCUT2D eigenvalue weighted by Gasteiger charge is -2.32. The number of halogens is 2. The summed E-state index contributed by atoms with van der Waals surface area (Å²) in [5.74, 6) is -0.0156. The number of piperidine rings is 1. The summed E-state index contributed by atoms with van der Waals surface area (Å²) < 4.78 is 1.03. The number of hydrogen-bond donors (Lipinski definition) is 1. The molecule has 1 aliphatic rings. The van der Waals surface area contributed by atoms with Gasteiger partial charge >= 0.3 is 0 Å². The lowest BCUT2D eigenvalue weighted by atomic mass is 10.1. The third kappa shape index (κ3) is 2.94. The van der Waals surface area contributed by atoms with E-state index in [1.807, 2.05) is 11.9 Å². The standard InChI is InChI=1S/C11H14Cl2N2OS/c1-14-7-3-2-4-15(6-7)11(16)8-5-9(12)17-10(8)13/h5,7,14H,2-4,6H2,1H3/t7-/m1/s1. The van der Waals surface area contributed by atoms with Crippen LogP contribution in [0.4, 0.5) is 0 Å². The Hall–Kier alpha value is -0.290. The lowest BCUT2D eigenvalue weighted by molar-refractivity contribution is 0.0699. The van der Waals surface area contributed by atoms with Crippen LogP contribution in [0, 0.1) is 0 Å². The van der Waals surface area contributed by atoms with Gasteiger partial charge in [0.15, 0.2) is 0 Å². The first-order chi connectivity index (χ1) is 8.11. The molecule has 1 atom stereocenters. The van der Waals surface area contributed by atoms with Crippen LogP contribution in [0.15, 0.2) is 6.07 Å². The van der Waals surface area contributed by atoms with E-state index in [1.165, 1.54) is 11.3 Å². The summed E-state index contributed by atoms with van der Waals surface area (Å²) in [6.45, 7) is 1.53. The second-order valence-electron chi connectivity index (χ2n) is 4.12. The molecule has 0 saturated carbocycles. The monoisotopic (exact) mass is 292 g/mol. The van der Waals surface area contributed by atoms with Gasteiger partial charge in [-0.15, -0.1) is 11.3 Å². The number of hydrogen-bond acceptors (Lipinski definition) is 3. The van der Waals surface area contributed by atoms with E-state index in [4.69, 9.17) is 23.2 Å². The third-order valence-corrected chi connectivity index (χ3v) is 4.49. The van der Waals surface area contributed by atoms with E-state index in [2.05, 4.69) is 5.32 Å². The maximum atomic E-state index is 12.3. The van der Waals surface area contributed by atoms with Crippen molar-refractivity contribution in [3.05, 3.63) is 20.3 Å². The Morgan fingerprint density at radius 2 is 2.35 bits per heavy atom. The Morgan fingerprint density at radius 1 is 1.59 bits per heavy atom. The molecule has 0 bridgehead atoms. The number of likely N-dealkylation sites (tertiary alicyclic amines) is 1. The molecule has 1 fully saturated rings. The van der Waals surface area contributed by atoms with Crippen molar-refractivity contribution in [3.63, 3.8) is 0 Å². The fourth-order valence-corrected chi connectivity index (χ4v) is 3.50. The van der Waals surface area contributed by atoms with E-state index in [1.54, 1.807) is 6.07 Å². The van der Waals surface area contributed by atoms with Crippen molar-refractivity contribution in [1.82, 2.24) is 10.2 Å². The van der Waals surface area contributed by atoms with Crippen LogP contribution >= 0.6 is 34.5 Å². The molecular weight excluding hydrogens is 279 g/mol. The molecule has 1 N–H and O–H groups in total. The normalized spacial score (nSPS) is 20.6. The Labute approximate surface area is 115 Å². The largest absolute Gasteiger partial charge is 0.337 e. The Balaban J connectivity index is 2.12. The molecule has 6 heteroatoms. The zero-order valence-electron chi connectivity index (χ0n) is 9.50. The smallest absolute Gasteiger partial charge is 0.256 e. The van der Waals surface area contributed by atoms with Crippen molar-refractivity contribution in [3.8, 4) is 0 Å². The van der Waals surface area contributed by atoms with Gasteiger partial charge in [-0.2, -0.15) is 0 Å². The van der Waals surface area contributed by atoms with E-state index >= 15 is 0 Å². The van der Waals surface area contributed by atoms with Gasteiger partial charge in [-0.25, -0.2) is 0 Å². The SMILES string of the molecule is CN[C@@H]1CCCN(C(=O)c2cc(Cl)sc2Cl)C1. The van der Waals surface area contributed by atoms with E-state index in [0.29, 0.717) is 20.3 Å². The van der Waals surface area contributed by atoms with Crippen molar-refractivity contribution in [1.29, 1.82) is 0 Å². The minimum atomic E-state index is -0.0156. The van der Waals surface area contributed by atoms with Gasteiger partial charge in [-0.05, 0) is 26.0 Å². The van der Waals surface area contributed by atoms with Gasteiger partial charge in [0.2, 0.25) is 0 Å². The average Bonchev–Trinajstić information content (AvgIpc) is 2.67. The molecule has 2 rings (SSSR count). The molecule has 1 amide bonds. The number of rotatable bonds is 2. The Bertz CT molecular complexity index is 422. The van der Waals surface area contributed by atoms with E-state index in [9.17, 15) is 4.79 Å². The van der Waals surface area contributed by atoms with Crippen molar-refractivity contribution < 1.29 is 4.79 Å². The number of likely N-dealkylation sites (N-methyl/N-ethyl adjacent to an activating group) is 1. The summed E-state index contributed by atoms with van der Waals surface area (Å²) in [4.78, 5) is 14.1. The summed E-state index contributed by atoms with van der Waals surface area (Å²) in [6, 6.07) is 2.03. The van der Waals surface area contributed by atoms with E-state index in [-0.39, 0.29) is 5.91 Å². The first-order valence-corrected chi connectivity index (χ1v) is 7.10. The van der Waals surface area contributed by atoms with E-state index in [0.717, 1.165) is 25.9 Å². The molecule has 94 valence electrons. The molecule has 1 saturated heterocycles. The lowest BCUT2D eigenvalue weighted by Crippen LogP contribution is -2.46. The van der Waals surface area contributed by atoms with Crippen LogP contribution in [0.1, 0.15) is 23.2 Å². The van der Waals surface area contributed by atoms with Crippen molar-refractivity contribution in [2.75, 3.05) is 20.1 Å². The van der Waals surface area contributed by atoms with Crippen LogP contribution in [0.2, 0.25) is 8.67 Å². The Morgan fingerprint density at radius 3 is 2.94 bits per heavy atom. The second-order valence-corrected chi connectivity index (χ2v) is 6.40. The highest BCUT2D eigenvalue weighted by molar-refractivity contribution is 7.20. The van der Waals surface area contributed by atoms with Crippen molar-refractivity contribution in [2.24, 2.45) is 0 Å². The molecule has 0 unspecified atom stereocenters. The van der Waals surface area contributed by atoms with Gasteiger partial charge in [0.05, 0.1) is 9.90 Å². The van der Waals surface area contributed by atoms with Gasteiger partial charge in [0.1, 0.15) is 4.34 Å². The molecule has 3 nitrogen and oxygen atoms in total. The topological polar surface area (TPSA) is 32.3 Å². The van der Waals surface area contributed by atoms with Crippen molar-refractivity contribution in [2.45, 2.75) is 18.9 Å². The molecule has 2 heterocycles.